The number of hydrogen-bond donors (Lipinski definition) is 1. The first-order valence-corrected chi connectivity index (χ1v) is 3.60. The fourth-order valence-electron chi connectivity index (χ4n) is 1.15. The molecule has 0 spiro atoms. The Morgan fingerprint density at radius 1 is 1.71 bits per heavy atom. The molecule has 0 unspecified atom stereocenters. The van der Waals surface area contributed by atoms with Gasteiger partial charge in [-0.1, -0.05) is 0 Å². The van der Waals surface area contributed by atoms with Crippen LogP contribution in [0.15, 0.2) is 6.07 Å². The molecule has 76 valence electrons. The lowest BCUT2D eigenvalue weighted by Crippen LogP contribution is -2.05. The molecule has 7 nitrogen and oxygen atoms in total. The van der Waals surface area contributed by atoms with Gasteiger partial charge in [-0.05, 0) is 0 Å². The number of nitro groups is 1. The van der Waals surface area contributed by atoms with Crippen LogP contribution in [0.1, 0.15) is 10.5 Å². The molecule has 1 heterocycles. The maximum atomic E-state index is 10.6. The lowest BCUT2D eigenvalue weighted by atomic mass is 10.4. The Balaban J connectivity index is 3.39. The summed E-state index contributed by atoms with van der Waals surface area (Å²) < 4.78 is 5.84. The molecule has 0 aliphatic carbocycles. The topological polar surface area (TPSA) is 94.6 Å². The first-order valence-electron chi connectivity index (χ1n) is 3.60. The fourth-order valence-corrected chi connectivity index (χ4v) is 1.15. The highest BCUT2D eigenvalue weighted by molar-refractivity contribution is 5.87. The van der Waals surface area contributed by atoms with E-state index in [4.69, 9.17) is 9.84 Å². The summed E-state index contributed by atoms with van der Waals surface area (Å²) in [5.74, 6) is -1.31. The molecule has 0 aliphatic rings. The smallest absolute Gasteiger partial charge is 0.352 e. The minimum absolute atomic E-state index is 0.0765. The summed E-state index contributed by atoms with van der Waals surface area (Å²) in [6, 6.07) is 0.959. The monoisotopic (exact) mass is 200 g/mol. The molecule has 0 aromatic carbocycles. The van der Waals surface area contributed by atoms with Crippen molar-refractivity contribution in [1.82, 2.24) is 4.57 Å². The fraction of sp³-hybridized carbons (Fsp3) is 0.286. The number of rotatable bonds is 3. The van der Waals surface area contributed by atoms with E-state index >= 15 is 0 Å². The number of carboxylic acid groups (broad SMARTS) is 1. The standard InChI is InChI=1S/C7H8N2O5/c1-8-5(7(10)11)3-4(9(12)13)6(8)14-2/h3H,1-2H3,(H,10,11). The Morgan fingerprint density at radius 3 is 2.57 bits per heavy atom. The Labute approximate surface area is 78.7 Å². The first kappa shape index (κ1) is 10.0. The molecule has 0 saturated heterocycles. The molecule has 0 amide bonds. The van der Waals surface area contributed by atoms with E-state index < -0.39 is 10.9 Å². The van der Waals surface area contributed by atoms with Crippen molar-refractivity contribution in [2.24, 2.45) is 7.05 Å². The van der Waals surface area contributed by atoms with Crippen molar-refractivity contribution in [2.75, 3.05) is 7.11 Å². The van der Waals surface area contributed by atoms with Gasteiger partial charge >= 0.3 is 11.7 Å². The van der Waals surface area contributed by atoms with Crippen molar-refractivity contribution in [1.29, 1.82) is 0 Å². The molecule has 0 bridgehead atoms. The zero-order chi connectivity index (χ0) is 10.9. The Morgan fingerprint density at radius 2 is 2.29 bits per heavy atom. The summed E-state index contributed by atoms with van der Waals surface area (Å²) in [6.45, 7) is 0. The quantitative estimate of drug-likeness (QED) is 0.570. The first-order chi connectivity index (χ1) is 6.49. The second-order valence-corrected chi connectivity index (χ2v) is 2.55. The third-order valence-corrected chi connectivity index (χ3v) is 1.77. The van der Waals surface area contributed by atoms with Gasteiger partial charge in [0.15, 0.2) is 0 Å². The van der Waals surface area contributed by atoms with Crippen LogP contribution in [0.5, 0.6) is 5.88 Å². The maximum Gasteiger partial charge on any atom is 0.352 e. The van der Waals surface area contributed by atoms with Gasteiger partial charge in [-0.2, -0.15) is 0 Å². The van der Waals surface area contributed by atoms with Gasteiger partial charge in [0, 0.05) is 7.05 Å². The number of aromatic nitrogens is 1. The van der Waals surface area contributed by atoms with E-state index in [1.54, 1.807) is 0 Å². The number of carboxylic acids is 1. The average Bonchev–Trinajstić information content (AvgIpc) is 2.42. The van der Waals surface area contributed by atoms with Gasteiger partial charge in [0.1, 0.15) is 5.69 Å². The summed E-state index contributed by atoms with van der Waals surface area (Å²) in [5.41, 5.74) is -0.541. The van der Waals surface area contributed by atoms with Crippen molar-refractivity contribution >= 4 is 11.7 Å². The number of hydrogen-bond acceptors (Lipinski definition) is 4. The maximum absolute atomic E-state index is 10.6. The minimum atomic E-state index is -1.24. The van der Waals surface area contributed by atoms with E-state index in [0.29, 0.717) is 0 Å². The molecule has 1 N–H and O–H groups in total. The van der Waals surface area contributed by atoms with Gasteiger partial charge < -0.3 is 14.4 Å². The van der Waals surface area contributed by atoms with E-state index in [9.17, 15) is 14.9 Å². The van der Waals surface area contributed by atoms with Gasteiger partial charge in [-0.15, -0.1) is 0 Å². The van der Waals surface area contributed by atoms with E-state index in [-0.39, 0.29) is 17.3 Å². The van der Waals surface area contributed by atoms with Crippen molar-refractivity contribution in [2.45, 2.75) is 0 Å². The van der Waals surface area contributed by atoms with Gasteiger partial charge in [0.05, 0.1) is 18.1 Å². The third-order valence-electron chi connectivity index (χ3n) is 1.77. The molecule has 1 rings (SSSR count). The second kappa shape index (κ2) is 3.36. The van der Waals surface area contributed by atoms with E-state index in [1.165, 1.54) is 14.2 Å². The molecule has 1 aromatic rings. The summed E-state index contributed by atoms with van der Waals surface area (Å²) in [7, 11) is 2.63. The number of methoxy groups -OCH3 is 1. The number of nitrogens with zero attached hydrogens (tertiary/aromatic N) is 2. The number of ether oxygens (including phenoxy) is 1. The molecule has 0 saturated carbocycles. The van der Waals surface area contributed by atoms with Crippen LogP contribution in [-0.2, 0) is 7.05 Å². The molecule has 0 atom stereocenters. The SMILES string of the molecule is COc1c([N+](=O)[O-])cc(C(=O)O)n1C. The van der Waals surface area contributed by atoms with Crippen LogP contribution in [0.2, 0.25) is 0 Å². The molecule has 0 fully saturated rings. The lowest BCUT2D eigenvalue weighted by Gasteiger charge is -2.01. The molecule has 7 heteroatoms. The van der Waals surface area contributed by atoms with E-state index in [1.807, 2.05) is 0 Å². The predicted octanol–water partition coefficient (Wildman–Crippen LogP) is 0.640. The Hall–Kier alpha value is -2.05. The van der Waals surface area contributed by atoms with Gasteiger partial charge in [-0.25, -0.2) is 4.79 Å². The molecule has 14 heavy (non-hydrogen) atoms. The van der Waals surface area contributed by atoms with Crippen molar-refractivity contribution in [3.05, 3.63) is 21.9 Å². The average molecular weight is 200 g/mol. The van der Waals surface area contributed by atoms with Crippen LogP contribution >= 0.6 is 0 Å². The highest BCUT2D eigenvalue weighted by atomic mass is 16.6. The molecular weight excluding hydrogens is 192 g/mol. The van der Waals surface area contributed by atoms with Crippen LogP contribution in [0.3, 0.4) is 0 Å². The largest absolute Gasteiger partial charge is 0.477 e. The van der Waals surface area contributed by atoms with Crippen molar-refractivity contribution in [3.63, 3.8) is 0 Å². The van der Waals surface area contributed by atoms with E-state index in [2.05, 4.69) is 0 Å². The molecule has 1 aromatic heterocycles. The van der Waals surface area contributed by atoms with Gasteiger partial charge in [0.25, 0.3) is 5.88 Å². The van der Waals surface area contributed by atoms with E-state index in [0.717, 1.165) is 10.6 Å². The normalized spacial score (nSPS) is 9.86. The lowest BCUT2D eigenvalue weighted by molar-refractivity contribution is -0.385. The highest BCUT2D eigenvalue weighted by Gasteiger charge is 2.25. The zero-order valence-corrected chi connectivity index (χ0v) is 7.55. The molecular formula is C7H8N2O5. The van der Waals surface area contributed by atoms with Crippen LogP contribution in [0.25, 0.3) is 0 Å². The van der Waals surface area contributed by atoms with Crippen LogP contribution in [0, 0.1) is 10.1 Å². The second-order valence-electron chi connectivity index (χ2n) is 2.55. The molecule has 0 radical (unpaired) electrons. The summed E-state index contributed by atoms with van der Waals surface area (Å²) in [4.78, 5) is 20.4. The van der Waals surface area contributed by atoms with Crippen LogP contribution in [-0.4, -0.2) is 27.7 Å². The number of aromatic carboxylic acids is 1. The van der Waals surface area contributed by atoms with Gasteiger partial charge in [0.2, 0.25) is 0 Å². The molecule has 0 aliphatic heterocycles. The number of carbonyl (C=O) groups is 1. The Kier molecular flexibility index (Phi) is 2.41. The van der Waals surface area contributed by atoms with Crippen LogP contribution < -0.4 is 4.74 Å². The highest BCUT2D eigenvalue weighted by Crippen LogP contribution is 2.29. The predicted molar refractivity (Wildman–Crippen MR) is 45.6 cm³/mol. The van der Waals surface area contributed by atoms with Crippen LogP contribution in [0.4, 0.5) is 5.69 Å². The van der Waals surface area contributed by atoms with Crippen molar-refractivity contribution in [3.8, 4) is 5.88 Å². The summed E-state index contributed by atoms with van der Waals surface area (Å²) in [5, 5.41) is 19.2. The van der Waals surface area contributed by atoms with Gasteiger partial charge in [-0.3, -0.25) is 10.1 Å². The van der Waals surface area contributed by atoms with Crippen molar-refractivity contribution < 1.29 is 19.6 Å². The zero-order valence-electron chi connectivity index (χ0n) is 7.55. The minimum Gasteiger partial charge on any atom is -0.477 e. The summed E-state index contributed by atoms with van der Waals surface area (Å²) >= 11 is 0. The summed E-state index contributed by atoms with van der Waals surface area (Å²) in [6.07, 6.45) is 0. The Bertz CT molecular complexity index is 395. The third kappa shape index (κ3) is 1.39.